The van der Waals surface area contributed by atoms with Gasteiger partial charge in [-0.05, 0) is 51.7 Å². The van der Waals surface area contributed by atoms with Crippen molar-refractivity contribution >= 4 is 18.0 Å². The molecule has 0 aliphatic heterocycles. The van der Waals surface area contributed by atoms with Crippen molar-refractivity contribution in [2.45, 2.75) is 19.4 Å². The van der Waals surface area contributed by atoms with E-state index in [2.05, 4.69) is 5.32 Å². The number of carbonyl (C=O) groups is 2. The fraction of sp³-hybridized carbons (Fsp3) is 0.375. The van der Waals surface area contributed by atoms with E-state index >= 15 is 0 Å². The zero-order chi connectivity index (χ0) is 16.0. The molecule has 0 bridgehead atoms. The largest absolute Gasteiger partial charge is 0.478 e. The van der Waals surface area contributed by atoms with E-state index in [9.17, 15) is 9.59 Å². The fourth-order valence-corrected chi connectivity index (χ4v) is 1.47. The lowest BCUT2D eigenvalue weighted by molar-refractivity contribution is -0.131. The molecule has 0 aromatic heterocycles. The van der Waals surface area contributed by atoms with Gasteiger partial charge in [-0.1, -0.05) is 12.1 Å². The number of nitrogens with zero attached hydrogens (tertiary/aromatic N) is 1. The van der Waals surface area contributed by atoms with Crippen LogP contribution in [0.2, 0.25) is 0 Å². The quantitative estimate of drug-likeness (QED) is 0.785. The lowest BCUT2D eigenvalue weighted by Crippen LogP contribution is -2.48. The second kappa shape index (κ2) is 7.04. The summed E-state index contributed by atoms with van der Waals surface area (Å²) in [4.78, 5) is 24.5. The predicted octanol–water partition coefficient (Wildman–Crippen LogP) is 1.85. The summed E-state index contributed by atoms with van der Waals surface area (Å²) >= 11 is 0. The number of nitrogens with one attached hydrogen (secondary N) is 1. The van der Waals surface area contributed by atoms with E-state index in [1.807, 2.05) is 32.8 Å². The molecule has 1 aromatic carbocycles. The van der Waals surface area contributed by atoms with Gasteiger partial charge in [0, 0.05) is 23.7 Å². The maximum absolute atomic E-state index is 12.0. The van der Waals surface area contributed by atoms with E-state index in [4.69, 9.17) is 5.11 Å². The summed E-state index contributed by atoms with van der Waals surface area (Å²) in [5.74, 6) is -1.14. The Balaban J connectivity index is 2.66. The van der Waals surface area contributed by atoms with Crippen LogP contribution in [-0.2, 0) is 4.79 Å². The summed E-state index contributed by atoms with van der Waals surface area (Å²) in [5.41, 5.74) is 1.17. The first-order valence-corrected chi connectivity index (χ1v) is 6.69. The Morgan fingerprint density at radius 2 is 1.81 bits per heavy atom. The smallest absolute Gasteiger partial charge is 0.328 e. The summed E-state index contributed by atoms with van der Waals surface area (Å²) in [6.07, 6.45) is 2.55. The van der Waals surface area contributed by atoms with Gasteiger partial charge in [-0.2, -0.15) is 0 Å². The molecule has 2 N–H and O–H groups in total. The SMILES string of the molecule is CN(C)C(C)(C)CNC(=O)c1ccc(C=CC(=O)O)cc1. The van der Waals surface area contributed by atoms with Crippen LogP contribution in [0.3, 0.4) is 0 Å². The summed E-state index contributed by atoms with van der Waals surface area (Å²) in [5, 5.41) is 11.5. The lowest BCUT2D eigenvalue weighted by Gasteiger charge is -2.32. The third-order valence-corrected chi connectivity index (χ3v) is 3.48. The molecular formula is C16H22N2O3. The molecule has 0 aliphatic carbocycles. The predicted molar refractivity (Wildman–Crippen MR) is 83.2 cm³/mol. The van der Waals surface area contributed by atoms with E-state index in [0.29, 0.717) is 12.1 Å². The second-order valence-electron chi connectivity index (χ2n) is 5.68. The van der Waals surface area contributed by atoms with Crippen molar-refractivity contribution in [3.63, 3.8) is 0 Å². The van der Waals surface area contributed by atoms with Crippen molar-refractivity contribution in [1.82, 2.24) is 10.2 Å². The Labute approximate surface area is 125 Å². The van der Waals surface area contributed by atoms with Crippen molar-refractivity contribution in [1.29, 1.82) is 0 Å². The Hall–Kier alpha value is -2.14. The van der Waals surface area contributed by atoms with Gasteiger partial charge in [0.25, 0.3) is 5.91 Å². The molecular weight excluding hydrogens is 268 g/mol. The van der Waals surface area contributed by atoms with Crippen LogP contribution in [0.15, 0.2) is 30.3 Å². The Morgan fingerprint density at radius 1 is 1.24 bits per heavy atom. The van der Waals surface area contributed by atoms with Crippen LogP contribution < -0.4 is 5.32 Å². The first-order chi connectivity index (χ1) is 9.72. The number of hydrogen-bond donors (Lipinski definition) is 2. The van der Waals surface area contributed by atoms with Gasteiger partial charge in [0.05, 0.1) is 0 Å². The molecule has 0 saturated heterocycles. The number of hydrogen-bond acceptors (Lipinski definition) is 3. The number of benzene rings is 1. The number of rotatable bonds is 6. The summed E-state index contributed by atoms with van der Waals surface area (Å²) in [6.45, 7) is 4.64. The Kier molecular flexibility index (Phi) is 5.67. The van der Waals surface area contributed by atoms with E-state index in [1.165, 1.54) is 6.08 Å². The molecule has 0 heterocycles. The molecule has 0 unspecified atom stereocenters. The van der Waals surface area contributed by atoms with Crippen LogP contribution in [0.5, 0.6) is 0 Å². The molecule has 1 aromatic rings. The Bertz CT molecular complexity index is 531. The van der Waals surface area contributed by atoms with Gasteiger partial charge in [0.1, 0.15) is 0 Å². The molecule has 5 nitrogen and oxygen atoms in total. The molecule has 0 aliphatic rings. The number of likely N-dealkylation sites (N-methyl/N-ethyl adjacent to an activating group) is 1. The second-order valence-corrected chi connectivity index (χ2v) is 5.68. The third-order valence-electron chi connectivity index (χ3n) is 3.48. The van der Waals surface area contributed by atoms with Gasteiger partial charge < -0.3 is 15.3 Å². The third kappa shape index (κ3) is 5.39. The van der Waals surface area contributed by atoms with Gasteiger partial charge in [0.15, 0.2) is 0 Å². The average molecular weight is 290 g/mol. The highest BCUT2D eigenvalue weighted by molar-refractivity contribution is 5.94. The maximum Gasteiger partial charge on any atom is 0.328 e. The lowest BCUT2D eigenvalue weighted by atomic mass is 10.0. The molecule has 114 valence electrons. The maximum atomic E-state index is 12.0. The van der Waals surface area contributed by atoms with Crippen molar-refractivity contribution in [3.8, 4) is 0 Å². The first-order valence-electron chi connectivity index (χ1n) is 6.69. The van der Waals surface area contributed by atoms with Gasteiger partial charge >= 0.3 is 5.97 Å². The zero-order valence-electron chi connectivity index (χ0n) is 12.9. The highest BCUT2D eigenvalue weighted by Crippen LogP contribution is 2.10. The first kappa shape index (κ1) is 16.9. The summed E-state index contributed by atoms with van der Waals surface area (Å²) < 4.78 is 0. The summed E-state index contributed by atoms with van der Waals surface area (Å²) in [6, 6.07) is 6.79. The van der Waals surface area contributed by atoms with Crippen LogP contribution in [0.25, 0.3) is 6.08 Å². The zero-order valence-corrected chi connectivity index (χ0v) is 12.9. The minimum absolute atomic E-state index is 0.125. The highest BCUT2D eigenvalue weighted by Gasteiger charge is 2.21. The van der Waals surface area contributed by atoms with Crippen LogP contribution in [-0.4, -0.2) is 48.1 Å². The van der Waals surface area contributed by atoms with Crippen LogP contribution >= 0.6 is 0 Å². The minimum atomic E-state index is -0.997. The Morgan fingerprint density at radius 3 is 2.29 bits per heavy atom. The van der Waals surface area contributed by atoms with E-state index in [-0.39, 0.29) is 11.4 Å². The molecule has 1 amide bonds. The summed E-state index contributed by atoms with van der Waals surface area (Å²) in [7, 11) is 3.94. The molecule has 0 atom stereocenters. The van der Waals surface area contributed by atoms with Crippen molar-refractivity contribution in [2.24, 2.45) is 0 Å². The fourth-order valence-electron chi connectivity index (χ4n) is 1.47. The van der Waals surface area contributed by atoms with Crippen LogP contribution in [0, 0.1) is 0 Å². The molecule has 0 fully saturated rings. The molecule has 0 spiro atoms. The van der Waals surface area contributed by atoms with E-state index in [1.54, 1.807) is 24.3 Å². The topological polar surface area (TPSA) is 69.6 Å². The highest BCUT2D eigenvalue weighted by atomic mass is 16.4. The van der Waals surface area contributed by atoms with Crippen LogP contribution in [0.4, 0.5) is 0 Å². The van der Waals surface area contributed by atoms with Gasteiger partial charge in [-0.25, -0.2) is 4.79 Å². The molecule has 21 heavy (non-hydrogen) atoms. The van der Waals surface area contributed by atoms with E-state index in [0.717, 1.165) is 11.6 Å². The molecule has 1 rings (SSSR count). The number of amides is 1. The van der Waals surface area contributed by atoms with Gasteiger partial charge in [-0.15, -0.1) is 0 Å². The average Bonchev–Trinajstić information content (AvgIpc) is 2.43. The number of carbonyl (C=O) groups excluding carboxylic acids is 1. The molecule has 5 heteroatoms. The monoisotopic (exact) mass is 290 g/mol. The minimum Gasteiger partial charge on any atom is -0.478 e. The molecule has 0 radical (unpaired) electrons. The number of carboxylic acids is 1. The molecule has 0 saturated carbocycles. The standard InChI is InChI=1S/C16H22N2O3/c1-16(2,18(3)4)11-17-15(21)13-8-5-12(6-9-13)7-10-14(19)20/h5-10H,11H2,1-4H3,(H,17,21)(H,19,20). The number of aliphatic carboxylic acids is 1. The normalized spacial score (nSPS) is 11.9. The number of carboxylic acid groups (broad SMARTS) is 1. The van der Waals surface area contributed by atoms with E-state index < -0.39 is 5.97 Å². The van der Waals surface area contributed by atoms with Crippen LogP contribution in [0.1, 0.15) is 29.8 Å². The van der Waals surface area contributed by atoms with Crippen molar-refractivity contribution in [2.75, 3.05) is 20.6 Å². The van der Waals surface area contributed by atoms with Crippen molar-refractivity contribution < 1.29 is 14.7 Å². The van der Waals surface area contributed by atoms with Gasteiger partial charge in [0.2, 0.25) is 0 Å². The van der Waals surface area contributed by atoms with Gasteiger partial charge in [-0.3, -0.25) is 4.79 Å². The van der Waals surface area contributed by atoms with Crippen molar-refractivity contribution in [3.05, 3.63) is 41.5 Å².